The van der Waals surface area contributed by atoms with Crippen LogP contribution in [0.25, 0.3) is 0 Å². The third-order valence-corrected chi connectivity index (χ3v) is 3.87. The lowest BCUT2D eigenvalue weighted by Crippen LogP contribution is -2.37. The zero-order valence-corrected chi connectivity index (χ0v) is 18.7. The number of halogens is 1. The number of nitrogens with one attached hydrogen (secondary N) is 3. The smallest absolute Gasteiger partial charge is 0.221 e. The summed E-state index contributed by atoms with van der Waals surface area (Å²) >= 11 is 0. The Kier molecular flexibility index (Phi) is 9.84. The Balaban J connectivity index is 0.00000364. The van der Waals surface area contributed by atoms with Gasteiger partial charge in [-0.3, -0.25) is 14.5 Å². The van der Waals surface area contributed by atoms with Gasteiger partial charge in [-0.1, -0.05) is 12.1 Å². The van der Waals surface area contributed by atoms with Gasteiger partial charge >= 0.3 is 0 Å². The van der Waals surface area contributed by atoms with Crippen LogP contribution in [0.5, 0.6) is 0 Å². The molecule has 7 nitrogen and oxygen atoms in total. The van der Waals surface area contributed by atoms with Gasteiger partial charge in [-0.05, 0) is 44.0 Å². The average Bonchev–Trinajstić information content (AvgIpc) is 2.91. The van der Waals surface area contributed by atoms with Crippen molar-refractivity contribution in [3.8, 4) is 0 Å². The van der Waals surface area contributed by atoms with E-state index in [9.17, 15) is 4.79 Å². The van der Waals surface area contributed by atoms with Crippen LogP contribution in [0, 0.1) is 13.8 Å². The van der Waals surface area contributed by atoms with Gasteiger partial charge in [0.1, 0.15) is 0 Å². The molecule has 2 rings (SSSR count). The molecule has 0 saturated carbocycles. The number of carbonyl (C=O) groups excluding carboxylic acids is 1. The summed E-state index contributed by atoms with van der Waals surface area (Å²) in [6.07, 6.45) is 0.959. The van der Waals surface area contributed by atoms with E-state index in [4.69, 9.17) is 0 Å². The van der Waals surface area contributed by atoms with E-state index >= 15 is 0 Å². The highest BCUT2D eigenvalue weighted by atomic mass is 127. The normalized spacial score (nSPS) is 10.9. The van der Waals surface area contributed by atoms with Gasteiger partial charge in [-0.15, -0.1) is 24.0 Å². The molecule has 0 unspecified atom stereocenters. The third-order valence-electron chi connectivity index (χ3n) is 3.87. The number of hydrogen-bond acceptors (Lipinski definition) is 3. The molecule has 8 heteroatoms. The number of rotatable bonds is 7. The van der Waals surface area contributed by atoms with E-state index in [0.717, 1.165) is 42.4 Å². The van der Waals surface area contributed by atoms with Crippen LogP contribution in [0.15, 0.2) is 35.3 Å². The van der Waals surface area contributed by atoms with E-state index in [1.807, 2.05) is 35.9 Å². The molecular weight excluding hydrogens is 455 g/mol. The minimum atomic E-state index is -0.0739. The molecule has 1 aromatic heterocycles. The van der Waals surface area contributed by atoms with Gasteiger partial charge in [0, 0.05) is 45.0 Å². The number of aliphatic imine (C=N–C) groups is 1. The highest BCUT2D eigenvalue weighted by Gasteiger charge is 2.02. The van der Waals surface area contributed by atoms with E-state index in [1.54, 1.807) is 7.05 Å². The first kappa shape index (κ1) is 22.9. The fourth-order valence-electron chi connectivity index (χ4n) is 2.71. The number of amides is 1. The number of aromatic nitrogens is 2. The van der Waals surface area contributed by atoms with E-state index in [-0.39, 0.29) is 29.9 Å². The van der Waals surface area contributed by atoms with Gasteiger partial charge < -0.3 is 16.0 Å². The first-order valence-electron chi connectivity index (χ1n) is 8.80. The number of benzene rings is 1. The number of anilines is 1. The maximum absolute atomic E-state index is 11.1. The van der Waals surface area contributed by atoms with Crippen molar-refractivity contribution < 1.29 is 4.79 Å². The van der Waals surface area contributed by atoms with Crippen molar-refractivity contribution in [2.45, 2.75) is 40.3 Å². The van der Waals surface area contributed by atoms with Gasteiger partial charge in [-0.2, -0.15) is 5.10 Å². The molecule has 27 heavy (non-hydrogen) atoms. The molecule has 1 heterocycles. The summed E-state index contributed by atoms with van der Waals surface area (Å²) in [6.45, 7) is 7.90. The van der Waals surface area contributed by atoms with Crippen LogP contribution < -0.4 is 16.0 Å². The van der Waals surface area contributed by atoms with Crippen LogP contribution in [0.1, 0.15) is 30.3 Å². The van der Waals surface area contributed by atoms with E-state index < -0.39 is 0 Å². The van der Waals surface area contributed by atoms with E-state index in [2.05, 4.69) is 39.0 Å². The molecule has 0 atom stereocenters. The fourth-order valence-corrected chi connectivity index (χ4v) is 2.71. The van der Waals surface area contributed by atoms with Crippen molar-refractivity contribution in [2.24, 2.45) is 4.99 Å². The van der Waals surface area contributed by atoms with Crippen molar-refractivity contribution in [3.63, 3.8) is 0 Å². The SMILES string of the molecule is CN=C(NCCCn1nc(C)cc1C)NCc1cccc(NC(C)=O)c1.I. The number of hydrogen-bond donors (Lipinski definition) is 3. The molecule has 0 saturated heterocycles. The lowest BCUT2D eigenvalue weighted by atomic mass is 10.2. The predicted molar refractivity (Wildman–Crippen MR) is 121 cm³/mol. The molecule has 0 bridgehead atoms. The third kappa shape index (κ3) is 7.98. The molecule has 0 aliphatic carbocycles. The van der Waals surface area contributed by atoms with Gasteiger partial charge in [0.25, 0.3) is 0 Å². The summed E-state index contributed by atoms with van der Waals surface area (Å²) in [5, 5.41) is 13.8. The second-order valence-electron chi connectivity index (χ2n) is 6.24. The largest absolute Gasteiger partial charge is 0.356 e. The second-order valence-corrected chi connectivity index (χ2v) is 6.24. The minimum absolute atomic E-state index is 0. The molecule has 3 N–H and O–H groups in total. The Morgan fingerprint density at radius 3 is 2.63 bits per heavy atom. The van der Waals surface area contributed by atoms with Gasteiger partial charge in [0.2, 0.25) is 5.91 Å². The van der Waals surface area contributed by atoms with Crippen molar-refractivity contribution >= 4 is 41.5 Å². The summed E-state index contributed by atoms with van der Waals surface area (Å²) in [5.74, 6) is 0.679. The molecule has 1 aromatic carbocycles. The number of nitrogens with zero attached hydrogens (tertiary/aromatic N) is 3. The Morgan fingerprint density at radius 2 is 2.00 bits per heavy atom. The Hall–Kier alpha value is -2.10. The number of guanidine groups is 1. The molecule has 2 aromatic rings. The maximum atomic E-state index is 11.1. The van der Waals surface area contributed by atoms with Crippen molar-refractivity contribution in [1.29, 1.82) is 0 Å². The molecule has 0 aliphatic heterocycles. The van der Waals surface area contributed by atoms with E-state index in [1.165, 1.54) is 12.6 Å². The molecule has 0 fully saturated rings. The molecule has 0 aliphatic rings. The topological polar surface area (TPSA) is 83.3 Å². The quantitative estimate of drug-likeness (QED) is 0.244. The molecule has 1 amide bonds. The van der Waals surface area contributed by atoms with E-state index in [0.29, 0.717) is 6.54 Å². The molecule has 0 spiro atoms. The lowest BCUT2D eigenvalue weighted by molar-refractivity contribution is -0.114. The van der Waals surface area contributed by atoms with Gasteiger partial charge in [0.05, 0.1) is 5.69 Å². The van der Waals surface area contributed by atoms with Crippen LogP contribution in [-0.2, 0) is 17.9 Å². The Morgan fingerprint density at radius 1 is 1.22 bits per heavy atom. The van der Waals surface area contributed by atoms with Gasteiger partial charge in [-0.25, -0.2) is 0 Å². The predicted octanol–water partition coefficient (Wildman–Crippen LogP) is 2.83. The number of aryl methyl sites for hydroxylation is 3. The summed E-state index contributed by atoms with van der Waals surface area (Å²) in [7, 11) is 1.75. The molecule has 148 valence electrons. The summed E-state index contributed by atoms with van der Waals surface area (Å²) in [5.41, 5.74) is 4.10. The first-order chi connectivity index (χ1) is 12.5. The standard InChI is InChI=1S/C19H28N6O.HI/c1-14-11-15(2)25(24-14)10-6-9-21-19(20-4)22-13-17-7-5-8-18(12-17)23-16(3)26;/h5,7-8,11-12H,6,9-10,13H2,1-4H3,(H,23,26)(H2,20,21,22);1H. The maximum Gasteiger partial charge on any atom is 0.221 e. The Labute approximate surface area is 178 Å². The fraction of sp³-hybridized carbons (Fsp3) is 0.421. The zero-order chi connectivity index (χ0) is 18.9. The molecular formula is C19H29IN6O. The Bertz CT molecular complexity index is 771. The highest BCUT2D eigenvalue weighted by molar-refractivity contribution is 14.0. The highest BCUT2D eigenvalue weighted by Crippen LogP contribution is 2.10. The minimum Gasteiger partial charge on any atom is -0.356 e. The number of carbonyl (C=O) groups is 1. The van der Waals surface area contributed by atoms with Crippen LogP contribution in [0.2, 0.25) is 0 Å². The zero-order valence-electron chi connectivity index (χ0n) is 16.4. The van der Waals surface area contributed by atoms with Gasteiger partial charge in [0.15, 0.2) is 5.96 Å². The van der Waals surface area contributed by atoms with Crippen molar-refractivity contribution in [2.75, 3.05) is 18.9 Å². The van der Waals surface area contributed by atoms with Crippen LogP contribution in [-0.4, -0.2) is 35.2 Å². The lowest BCUT2D eigenvalue weighted by Gasteiger charge is -2.13. The van der Waals surface area contributed by atoms with Crippen LogP contribution >= 0.6 is 24.0 Å². The monoisotopic (exact) mass is 484 g/mol. The summed E-state index contributed by atoms with van der Waals surface area (Å²) in [4.78, 5) is 15.4. The average molecular weight is 484 g/mol. The van der Waals surface area contributed by atoms with Crippen molar-refractivity contribution in [1.82, 2.24) is 20.4 Å². The first-order valence-corrected chi connectivity index (χ1v) is 8.80. The summed E-state index contributed by atoms with van der Waals surface area (Å²) in [6, 6.07) is 9.84. The summed E-state index contributed by atoms with van der Waals surface area (Å²) < 4.78 is 2.03. The molecule has 0 radical (unpaired) electrons. The van der Waals surface area contributed by atoms with Crippen LogP contribution in [0.3, 0.4) is 0 Å². The van der Waals surface area contributed by atoms with Crippen LogP contribution in [0.4, 0.5) is 5.69 Å². The second kappa shape index (κ2) is 11.6. The van der Waals surface area contributed by atoms with Crippen molar-refractivity contribution in [3.05, 3.63) is 47.3 Å².